The highest BCUT2D eigenvalue weighted by Gasteiger charge is 2.14. The molecule has 0 heterocycles. The molecule has 0 spiro atoms. The predicted octanol–water partition coefficient (Wildman–Crippen LogP) is 8.13. The van der Waals surface area contributed by atoms with Crippen LogP contribution in [0.5, 0.6) is 0 Å². The first-order valence-electron chi connectivity index (χ1n) is 22.8. The summed E-state index contributed by atoms with van der Waals surface area (Å²) in [5.74, 6) is 0. The summed E-state index contributed by atoms with van der Waals surface area (Å²) in [5, 5.41) is 0. The molecule has 1 aromatic rings. The summed E-state index contributed by atoms with van der Waals surface area (Å²) in [5.41, 5.74) is 0.978. The monoisotopic (exact) mass is 865 g/mol. The normalized spacial score (nSPS) is 11.9. The highest BCUT2D eigenvalue weighted by atomic mass is 32.2. The van der Waals surface area contributed by atoms with Crippen LogP contribution in [0.4, 0.5) is 0 Å². The average molecular weight is 865 g/mol. The molecule has 0 aliphatic heterocycles. The highest BCUT2D eigenvalue weighted by molar-refractivity contribution is 7.86. The maximum atomic E-state index is 12.1. The van der Waals surface area contributed by atoms with E-state index in [0.717, 1.165) is 18.6 Å². The Labute approximate surface area is 359 Å². The third kappa shape index (κ3) is 40.6. The maximum absolute atomic E-state index is 12.1. The van der Waals surface area contributed by atoms with E-state index in [0.29, 0.717) is 119 Å². The number of rotatable bonds is 49. The van der Waals surface area contributed by atoms with E-state index in [2.05, 4.69) is 6.92 Å². The van der Waals surface area contributed by atoms with Crippen molar-refractivity contribution in [1.82, 2.24) is 0 Å². The number of ether oxygens (including phenoxy) is 10. The second-order valence-electron chi connectivity index (χ2n) is 14.5. The predicted molar refractivity (Wildman–Crippen MR) is 232 cm³/mol. The lowest BCUT2D eigenvalue weighted by atomic mass is 10.0. The average Bonchev–Trinajstić information content (AvgIpc) is 3.23. The van der Waals surface area contributed by atoms with Crippen molar-refractivity contribution in [2.75, 3.05) is 139 Å². The molecule has 348 valence electrons. The largest absolute Gasteiger partial charge is 0.379 e. The molecule has 14 heteroatoms. The topological polar surface area (TPSA) is 136 Å². The Morgan fingerprint density at radius 3 is 0.847 bits per heavy atom. The van der Waals surface area contributed by atoms with Gasteiger partial charge in [0.1, 0.15) is 0 Å². The van der Waals surface area contributed by atoms with Crippen LogP contribution in [0.15, 0.2) is 29.2 Å². The first-order chi connectivity index (χ1) is 29.1. The summed E-state index contributed by atoms with van der Waals surface area (Å²) < 4.78 is 84.3. The molecule has 13 nitrogen and oxygen atoms in total. The van der Waals surface area contributed by atoms with Crippen LogP contribution in [0.2, 0.25) is 0 Å². The van der Waals surface area contributed by atoms with Gasteiger partial charge in [-0.2, -0.15) is 8.42 Å². The van der Waals surface area contributed by atoms with Gasteiger partial charge in [-0.1, -0.05) is 121 Å². The van der Waals surface area contributed by atoms with E-state index in [9.17, 15) is 8.42 Å². The van der Waals surface area contributed by atoms with Crippen LogP contribution in [0.3, 0.4) is 0 Å². The van der Waals surface area contributed by atoms with Gasteiger partial charge in [0.25, 0.3) is 10.1 Å². The van der Waals surface area contributed by atoms with Crippen molar-refractivity contribution in [1.29, 1.82) is 0 Å². The van der Waals surface area contributed by atoms with Gasteiger partial charge in [0.2, 0.25) is 0 Å². The van der Waals surface area contributed by atoms with Crippen LogP contribution in [-0.2, 0) is 61.7 Å². The van der Waals surface area contributed by atoms with Crippen LogP contribution in [-0.4, -0.2) is 147 Å². The van der Waals surface area contributed by atoms with Crippen molar-refractivity contribution in [2.24, 2.45) is 0 Å². The van der Waals surface area contributed by atoms with E-state index in [4.69, 9.17) is 51.6 Å². The standard InChI is InChI=1S/C45H84O13S/c1-3-4-5-6-7-8-9-10-11-12-13-14-15-16-17-18-23-48-24-25-49-26-27-50-28-29-51-30-31-52-32-33-53-34-35-54-36-37-55-38-39-56-40-41-57-42-43-58-59(46,47)45-21-19-44(2)20-22-45/h19-22H,3-18,23-43H2,1-2H3. The van der Waals surface area contributed by atoms with Crippen LogP contribution in [0, 0.1) is 6.92 Å². The SMILES string of the molecule is CCCCCCCCCCCCCCCCCCOCCOCCOCCOCCOCCOCCOCCOCCOCCOCCOS(=O)(=O)c1ccc(C)cc1. The zero-order valence-corrected chi connectivity index (χ0v) is 38.0. The molecule has 0 unspecified atom stereocenters. The summed E-state index contributed by atoms with van der Waals surface area (Å²) in [7, 11) is -3.77. The van der Waals surface area contributed by atoms with Gasteiger partial charge >= 0.3 is 0 Å². The molecular formula is C45H84O13S. The van der Waals surface area contributed by atoms with Gasteiger partial charge in [0.05, 0.1) is 137 Å². The first-order valence-corrected chi connectivity index (χ1v) is 24.2. The Kier molecular flexibility index (Phi) is 42.3. The first kappa shape index (κ1) is 55.7. The third-order valence-corrected chi connectivity index (χ3v) is 10.6. The van der Waals surface area contributed by atoms with Crippen molar-refractivity contribution >= 4 is 10.1 Å². The number of aryl methyl sites for hydroxylation is 1. The minimum Gasteiger partial charge on any atom is -0.379 e. The van der Waals surface area contributed by atoms with Gasteiger partial charge in [-0.15, -0.1) is 0 Å². The second-order valence-corrected chi connectivity index (χ2v) is 16.1. The molecule has 0 amide bonds. The van der Waals surface area contributed by atoms with Gasteiger partial charge in [-0.25, -0.2) is 0 Å². The molecule has 0 aliphatic carbocycles. The van der Waals surface area contributed by atoms with Crippen LogP contribution < -0.4 is 0 Å². The summed E-state index contributed by atoms with van der Waals surface area (Å²) >= 11 is 0. The fraction of sp³-hybridized carbons (Fsp3) is 0.867. The maximum Gasteiger partial charge on any atom is 0.297 e. The van der Waals surface area contributed by atoms with Gasteiger partial charge in [-0.05, 0) is 25.5 Å². The number of benzene rings is 1. The van der Waals surface area contributed by atoms with E-state index < -0.39 is 10.1 Å². The Morgan fingerprint density at radius 1 is 0.322 bits per heavy atom. The molecule has 0 fully saturated rings. The summed E-state index contributed by atoms with van der Waals surface area (Å²) in [4.78, 5) is 0.131. The molecule has 0 bridgehead atoms. The molecule has 1 rings (SSSR count). The van der Waals surface area contributed by atoms with Crippen molar-refractivity contribution < 1.29 is 60.0 Å². The van der Waals surface area contributed by atoms with Crippen LogP contribution >= 0.6 is 0 Å². The molecule has 0 aromatic heterocycles. The quantitative estimate of drug-likeness (QED) is 0.0461. The lowest BCUT2D eigenvalue weighted by Crippen LogP contribution is -2.15. The minimum atomic E-state index is -3.77. The number of hydrogen-bond donors (Lipinski definition) is 0. The van der Waals surface area contributed by atoms with Gasteiger partial charge in [0, 0.05) is 6.61 Å². The second kappa shape index (κ2) is 44.8. The summed E-state index contributed by atoms with van der Waals surface area (Å²) in [6.07, 6.45) is 22.1. The van der Waals surface area contributed by atoms with Gasteiger partial charge in [0.15, 0.2) is 0 Å². The molecule has 0 radical (unpaired) electrons. The fourth-order valence-corrected chi connectivity index (χ4v) is 6.70. The Bertz CT molecular complexity index is 1080. The third-order valence-electron chi connectivity index (χ3n) is 9.27. The van der Waals surface area contributed by atoms with Crippen molar-refractivity contribution in [3.05, 3.63) is 29.8 Å². The van der Waals surface area contributed by atoms with E-state index in [-0.39, 0.29) is 18.1 Å². The fourth-order valence-electron chi connectivity index (χ4n) is 5.81. The highest BCUT2D eigenvalue weighted by Crippen LogP contribution is 2.14. The van der Waals surface area contributed by atoms with E-state index in [1.54, 1.807) is 12.1 Å². The van der Waals surface area contributed by atoms with Crippen LogP contribution in [0.1, 0.15) is 115 Å². The van der Waals surface area contributed by atoms with E-state index in [1.807, 2.05) is 6.92 Å². The summed E-state index contributed by atoms with van der Waals surface area (Å²) in [6, 6.07) is 6.50. The molecule has 0 atom stereocenters. The lowest BCUT2D eigenvalue weighted by molar-refractivity contribution is -0.0267. The van der Waals surface area contributed by atoms with E-state index >= 15 is 0 Å². The Hall–Kier alpha value is -1.27. The van der Waals surface area contributed by atoms with Crippen molar-refractivity contribution in [3.8, 4) is 0 Å². The van der Waals surface area contributed by atoms with Crippen molar-refractivity contribution in [3.63, 3.8) is 0 Å². The summed E-state index contributed by atoms with van der Waals surface area (Å²) in [6.45, 7) is 14.0. The molecule has 0 saturated heterocycles. The molecule has 0 aliphatic rings. The lowest BCUT2D eigenvalue weighted by Gasteiger charge is -2.09. The molecule has 0 N–H and O–H groups in total. The Morgan fingerprint density at radius 2 is 0.559 bits per heavy atom. The minimum absolute atomic E-state index is 0.0567. The molecule has 0 saturated carbocycles. The molecule has 59 heavy (non-hydrogen) atoms. The zero-order valence-electron chi connectivity index (χ0n) is 37.2. The number of hydrogen-bond acceptors (Lipinski definition) is 13. The number of unbranched alkanes of at least 4 members (excludes halogenated alkanes) is 15. The smallest absolute Gasteiger partial charge is 0.297 e. The molecular weight excluding hydrogens is 781 g/mol. The zero-order chi connectivity index (χ0) is 42.4. The van der Waals surface area contributed by atoms with Gasteiger partial charge < -0.3 is 47.4 Å². The van der Waals surface area contributed by atoms with E-state index in [1.165, 1.54) is 108 Å². The molecule has 1 aromatic carbocycles. The van der Waals surface area contributed by atoms with Crippen LogP contribution in [0.25, 0.3) is 0 Å². The van der Waals surface area contributed by atoms with Crippen molar-refractivity contribution in [2.45, 2.75) is 121 Å². The van der Waals surface area contributed by atoms with Gasteiger partial charge in [-0.3, -0.25) is 4.18 Å². The Balaban J connectivity index is 1.63.